The number of carbonyl (C=O) groups excluding carboxylic acids is 1. The van der Waals surface area contributed by atoms with Crippen LogP contribution in [0.2, 0.25) is 0 Å². The first-order valence-electron chi connectivity index (χ1n) is 15.3. The van der Waals surface area contributed by atoms with Crippen molar-refractivity contribution in [2.24, 2.45) is 11.3 Å². The zero-order chi connectivity index (χ0) is 28.3. The standard InChI is InChI=1S/C33H44N2O5/c1-7-35(8-2)15-16-38-26-18-20-17-22-21-11-9-10-12-23(21)34-27(22)31(20,6)30(5)13-14-32-25(33(26,30)37)19-24(36)28(39-32)29(3,4)40-32/h9-12,19-20,26,28,34,37H,7-8,13-18H2,1-6H3/t20-,26+,28?,30?,31-,32+,33+/m1/s1. The highest BCUT2D eigenvalue weighted by Gasteiger charge is 2.78. The molecule has 0 amide bonds. The maximum atomic E-state index is 13.5. The second kappa shape index (κ2) is 8.51. The summed E-state index contributed by atoms with van der Waals surface area (Å²) in [6, 6.07) is 8.53. The van der Waals surface area contributed by atoms with Gasteiger partial charge in [-0.3, -0.25) is 4.79 Å². The molecule has 1 aromatic heterocycles. The van der Waals surface area contributed by atoms with Gasteiger partial charge >= 0.3 is 0 Å². The quantitative estimate of drug-likeness (QED) is 0.547. The molecule has 2 aliphatic heterocycles. The summed E-state index contributed by atoms with van der Waals surface area (Å²) in [7, 11) is 0. The first-order valence-corrected chi connectivity index (χ1v) is 15.3. The molecule has 1 spiro atoms. The molecule has 2 aromatic rings. The van der Waals surface area contributed by atoms with Crippen molar-refractivity contribution in [2.45, 2.75) is 102 Å². The van der Waals surface area contributed by atoms with Gasteiger partial charge in [0.25, 0.3) is 0 Å². The van der Waals surface area contributed by atoms with Crippen molar-refractivity contribution >= 4 is 16.7 Å². The molecule has 2 saturated carbocycles. The first-order chi connectivity index (χ1) is 18.9. The first kappa shape index (κ1) is 26.8. The van der Waals surface area contributed by atoms with E-state index in [1.54, 1.807) is 6.08 Å². The van der Waals surface area contributed by atoms with E-state index < -0.39 is 34.6 Å². The minimum atomic E-state index is -1.44. The third kappa shape index (κ3) is 3.11. The second-order valence-electron chi connectivity index (χ2n) is 13.8. The molecule has 2 bridgehead atoms. The smallest absolute Gasteiger partial charge is 0.195 e. The fourth-order valence-corrected chi connectivity index (χ4v) is 9.45. The SMILES string of the molecule is CCN(CC)CCO[C@H]1C[C@H]2Cc3c([nH]c4ccccc34)[C@]2(C)C2(C)CC[C@@]34OC(C(=O)C=C3[C@]12O)C(C)(C)O4. The molecule has 40 heavy (non-hydrogen) atoms. The third-order valence-corrected chi connectivity index (χ3v) is 11.9. The number of hydrogen-bond acceptors (Lipinski definition) is 6. The number of benzene rings is 1. The third-order valence-electron chi connectivity index (χ3n) is 11.9. The van der Waals surface area contributed by atoms with Crippen molar-refractivity contribution in [3.63, 3.8) is 0 Å². The maximum absolute atomic E-state index is 13.5. The second-order valence-corrected chi connectivity index (χ2v) is 13.8. The number of carbonyl (C=O) groups is 1. The Labute approximate surface area is 237 Å². The Morgan fingerprint density at radius 2 is 1.88 bits per heavy atom. The number of para-hydroxylation sites is 1. The van der Waals surface area contributed by atoms with Crippen LogP contribution in [0.1, 0.15) is 72.1 Å². The van der Waals surface area contributed by atoms with Crippen LogP contribution in [0.25, 0.3) is 10.9 Å². The highest BCUT2D eigenvalue weighted by Crippen LogP contribution is 2.72. The zero-order valence-electron chi connectivity index (χ0n) is 24.8. The number of hydrogen-bond donors (Lipinski definition) is 2. The van der Waals surface area contributed by atoms with Crippen LogP contribution in [-0.2, 0) is 30.8 Å². The van der Waals surface area contributed by atoms with Gasteiger partial charge in [-0.15, -0.1) is 0 Å². The summed E-state index contributed by atoms with van der Waals surface area (Å²) >= 11 is 0. The summed E-state index contributed by atoms with van der Waals surface area (Å²) in [5, 5.41) is 14.6. The Kier molecular flexibility index (Phi) is 5.71. The average molecular weight is 549 g/mol. The Balaban J connectivity index is 1.38. The Hall–Kier alpha value is -2.03. The number of fused-ring (bicyclic) bond motifs is 9. The van der Waals surface area contributed by atoms with Crippen LogP contribution in [0.4, 0.5) is 0 Å². The number of ether oxygens (including phenoxy) is 3. The topological polar surface area (TPSA) is 84.0 Å². The predicted octanol–water partition coefficient (Wildman–Crippen LogP) is 4.66. The summed E-state index contributed by atoms with van der Waals surface area (Å²) < 4.78 is 19.9. The van der Waals surface area contributed by atoms with Crippen LogP contribution in [-0.4, -0.2) is 76.2 Å². The van der Waals surface area contributed by atoms with Gasteiger partial charge in [0.1, 0.15) is 11.2 Å². The summed E-state index contributed by atoms with van der Waals surface area (Å²) in [6.45, 7) is 15.9. The number of likely N-dealkylation sites (N-methyl/N-ethyl adjacent to an activating group) is 1. The molecular formula is C33H44N2O5. The van der Waals surface area contributed by atoms with E-state index in [9.17, 15) is 9.90 Å². The van der Waals surface area contributed by atoms with Crippen LogP contribution in [0, 0.1) is 11.3 Å². The molecule has 1 saturated heterocycles. The summed E-state index contributed by atoms with van der Waals surface area (Å²) in [4.78, 5) is 19.6. The van der Waals surface area contributed by atoms with Gasteiger partial charge in [-0.2, -0.15) is 0 Å². The van der Waals surface area contributed by atoms with E-state index in [2.05, 4.69) is 61.8 Å². The van der Waals surface area contributed by atoms with Crippen LogP contribution in [0.3, 0.4) is 0 Å². The van der Waals surface area contributed by atoms with Crippen molar-refractivity contribution in [3.8, 4) is 0 Å². The molecule has 7 rings (SSSR count). The molecule has 3 heterocycles. The molecule has 5 aliphatic rings. The van der Waals surface area contributed by atoms with Gasteiger partial charge in [0.05, 0.1) is 12.7 Å². The largest absolute Gasteiger partial charge is 0.382 e. The normalized spacial score (nSPS) is 41.0. The van der Waals surface area contributed by atoms with Gasteiger partial charge in [0.15, 0.2) is 17.7 Å². The summed E-state index contributed by atoms with van der Waals surface area (Å²) in [5.41, 5.74) is 1.10. The number of aromatic nitrogens is 1. The summed E-state index contributed by atoms with van der Waals surface area (Å²) in [6.07, 6.45) is 3.46. The number of aromatic amines is 1. The van der Waals surface area contributed by atoms with Gasteiger partial charge in [-0.25, -0.2) is 0 Å². The lowest BCUT2D eigenvalue weighted by Crippen LogP contribution is -2.74. The number of rotatable bonds is 6. The Morgan fingerprint density at radius 1 is 1.12 bits per heavy atom. The van der Waals surface area contributed by atoms with Crippen molar-refractivity contribution in [2.75, 3.05) is 26.2 Å². The van der Waals surface area contributed by atoms with E-state index in [0.717, 1.165) is 31.6 Å². The predicted molar refractivity (Wildman–Crippen MR) is 153 cm³/mol. The number of nitrogens with one attached hydrogen (secondary N) is 1. The molecular weight excluding hydrogens is 504 g/mol. The molecule has 7 atom stereocenters. The van der Waals surface area contributed by atoms with Crippen LogP contribution >= 0.6 is 0 Å². The van der Waals surface area contributed by atoms with Gasteiger partial charge in [0, 0.05) is 46.0 Å². The van der Waals surface area contributed by atoms with E-state index in [0.29, 0.717) is 37.4 Å². The average Bonchev–Trinajstić information content (AvgIpc) is 3.51. The lowest BCUT2D eigenvalue weighted by molar-refractivity contribution is -0.280. The minimum absolute atomic E-state index is 0.127. The van der Waals surface area contributed by atoms with Crippen molar-refractivity contribution in [1.29, 1.82) is 0 Å². The fraction of sp³-hybridized carbons (Fsp3) is 0.667. The maximum Gasteiger partial charge on any atom is 0.195 e. The molecule has 2 N–H and O–H groups in total. The van der Waals surface area contributed by atoms with E-state index in [1.807, 2.05) is 13.8 Å². The van der Waals surface area contributed by atoms with Crippen molar-refractivity contribution in [3.05, 3.63) is 47.2 Å². The van der Waals surface area contributed by atoms with E-state index in [1.165, 1.54) is 16.6 Å². The lowest BCUT2D eigenvalue weighted by Gasteiger charge is -2.67. The highest BCUT2D eigenvalue weighted by atomic mass is 16.8. The number of H-pyrrole nitrogens is 1. The Bertz CT molecular complexity index is 1410. The monoisotopic (exact) mass is 548 g/mol. The lowest BCUT2D eigenvalue weighted by atomic mass is 9.41. The molecule has 7 heteroatoms. The van der Waals surface area contributed by atoms with Crippen LogP contribution in [0.5, 0.6) is 0 Å². The molecule has 1 aromatic carbocycles. The van der Waals surface area contributed by atoms with E-state index in [-0.39, 0.29) is 11.2 Å². The number of ketones is 1. The minimum Gasteiger partial charge on any atom is -0.382 e. The van der Waals surface area contributed by atoms with Crippen LogP contribution in [0.15, 0.2) is 35.9 Å². The highest BCUT2D eigenvalue weighted by molar-refractivity contribution is 5.97. The fourth-order valence-electron chi connectivity index (χ4n) is 9.45. The van der Waals surface area contributed by atoms with Gasteiger partial charge < -0.3 is 29.2 Å². The summed E-state index contributed by atoms with van der Waals surface area (Å²) in [5.74, 6) is -0.939. The van der Waals surface area contributed by atoms with Gasteiger partial charge in [-0.05, 0) is 69.8 Å². The Morgan fingerprint density at radius 3 is 2.62 bits per heavy atom. The van der Waals surface area contributed by atoms with E-state index in [4.69, 9.17) is 14.2 Å². The molecule has 3 aliphatic carbocycles. The van der Waals surface area contributed by atoms with Crippen LogP contribution < -0.4 is 0 Å². The van der Waals surface area contributed by atoms with Gasteiger partial charge in [0.2, 0.25) is 0 Å². The molecule has 3 fully saturated rings. The molecule has 0 radical (unpaired) electrons. The number of nitrogens with zero attached hydrogens (tertiary/aromatic N) is 1. The van der Waals surface area contributed by atoms with Crippen molar-refractivity contribution in [1.82, 2.24) is 9.88 Å². The van der Waals surface area contributed by atoms with E-state index >= 15 is 0 Å². The molecule has 7 nitrogen and oxygen atoms in total. The van der Waals surface area contributed by atoms with Gasteiger partial charge in [-0.1, -0.05) is 45.9 Å². The molecule has 2 unspecified atom stereocenters. The van der Waals surface area contributed by atoms with Crippen molar-refractivity contribution < 1.29 is 24.1 Å². The zero-order valence-corrected chi connectivity index (χ0v) is 24.8. The molecule has 216 valence electrons. The number of aliphatic hydroxyl groups is 1.